The Labute approximate surface area is 66.7 Å². The molecule has 0 unspecified atom stereocenters. The van der Waals surface area contributed by atoms with Crippen molar-refractivity contribution in [3.05, 3.63) is 18.5 Å². The molecule has 4 nitrogen and oxygen atoms in total. The van der Waals surface area contributed by atoms with E-state index in [1.54, 1.807) is 0 Å². The molecule has 0 aliphatic rings. The van der Waals surface area contributed by atoms with Crippen LogP contribution in [0.5, 0.6) is 0 Å². The molecule has 0 radical (unpaired) electrons. The highest BCUT2D eigenvalue weighted by Crippen LogP contribution is 2.27. The molecule has 0 aliphatic heterocycles. The Bertz CT molecular complexity index is 340. The van der Waals surface area contributed by atoms with Gasteiger partial charge in [0.1, 0.15) is 0 Å². The van der Waals surface area contributed by atoms with E-state index >= 15 is 0 Å². The summed E-state index contributed by atoms with van der Waals surface area (Å²) in [5.74, 6) is 0.520. The average molecular weight is 167 g/mol. The van der Waals surface area contributed by atoms with E-state index in [0.29, 0.717) is 5.89 Å². The third kappa shape index (κ3) is 1.10. The third-order valence-electron chi connectivity index (χ3n) is 1.20. The van der Waals surface area contributed by atoms with Crippen molar-refractivity contribution in [1.82, 2.24) is 10.1 Å². The maximum absolute atomic E-state index is 5.51. The zero-order valence-corrected chi connectivity index (χ0v) is 6.34. The number of hydrogen-bond acceptors (Lipinski definition) is 5. The molecule has 11 heavy (non-hydrogen) atoms. The monoisotopic (exact) mass is 167 g/mol. The van der Waals surface area contributed by atoms with Gasteiger partial charge in [0.25, 0.3) is 5.89 Å². The largest absolute Gasteiger partial charge is 0.391 e. The van der Waals surface area contributed by atoms with E-state index in [1.165, 1.54) is 17.7 Å². The highest BCUT2D eigenvalue weighted by Gasteiger charge is 2.04. The Hall–Kier alpha value is -1.36. The van der Waals surface area contributed by atoms with Crippen LogP contribution in [0.3, 0.4) is 0 Å². The highest BCUT2D eigenvalue weighted by molar-refractivity contribution is 7.19. The quantitative estimate of drug-likeness (QED) is 0.696. The number of anilines is 1. The maximum Gasteiger partial charge on any atom is 0.267 e. The lowest BCUT2D eigenvalue weighted by Crippen LogP contribution is -1.72. The first-order valence-electron chi connectivity index (χ1n) is 2.98. The molecule has 0 saturated carbocycles. The third-order valence-corrected chi connectivity index (χ3v) is 2.10. The van der Waals surface area contributed by atoms with Crippen molar-refractivity contribution in [2.45, 2.75) is 0 Å². The summed E-state index contributed by atoms with van der Waals surface area (Å²) in [6.45, 7) is 0. The first-order chi connectivity index (χ1) is 5.36. The van der Waals surface area contributed by atoms with Crippen molar-refractivity contribution < 1.29 is 4.52 Å². The van der Waals surface area contributed by atoms with E-state index in [2.05, 4.69) is 10.1 Å². The predicted molar refractivity (Wildman–Crippen MR) is 42.0 cm³/mol. The van der Waals surface area contributed by atoms with Crippen LogP contribution < -0.4 is 5.73 Å². The van der Waals surface area contributed by atoms with Gasteiger partial charge in [0, 0.05) is 0 Å². The summed E-state index contributed by atoms with van der Waals surface area (Å²) in [5, 5.41) is 4.24. The summed E-state index contributed by atoms with van der Waals surface area (Å²) >= 11 is 1.43. The van der Waals surface area contributed by atoms with E-state index in [9.17, 15) is 0 Å². The van der Waals surface area contributed by atoms with Crippen molar-refractivity contribution in [3.8, 4) is 10.8 Å². The van der Waals surface area contributed by atoms with Gasteiger partial charge in [0.15, 0.2) is 6.33 Å². The van der Waals surface area contributed by atoms with Gasteiger partial charge in [-0.15, -0.1) is 11.3 Å². The first-order valence-corrected chi connectivity index (χ1v) is 3.80. The van der Waals surface area contributed by atoms with Crippen LogP contribution in [0.25, 0.3) is 10.8 Å². The van der Waals surface area contributed by atoms with Crippen molar-refractivity contribution >= 4 is 16.3 Å². The normalized spacial score (nSPS) is 10.2. The van der Waals surface area contributed by atoms with Gasteiger partial charge < -0.3 is 10.3 Å². The number of rotatable bonds is 1. The molecule has 2 N–H and O–H groups in total. The summed E-state index contributed by atoms with van der Waals surface area (Å²) in [6.07, 6.45) is 1.37. The second-order valence-electron chi connectivity index (χ2n) is 1.95. The van der Waals surface area contributed by atoms with E-state index in [0.717, 1.165) is 9.88 Å². The fraction of sp³-hybridized carbons (Fsp3) is 0. The molecule has 0 fully saturated rings. The molecular weight excluding hydrogens is 162 g/mol. The molecule has 0 bridgehead atoms. The maximum atomic E-state index is 5.51. The van der Waals surface area contributed by atoms with Gasteiger partial charge in [-0.05, 0) is 12.1 Å². The van der Waals surface area contributed by atoms with Crippen LogP contribution in [0.2, 0.25) is 0 Å². The minimum Gasteiger partial charge on any atom is -0.391 e. The molecule has 0 aromatic carbocycles. The van der Waals surface area contributed by atoms with E-state index in [1.807, 2.05) is 12.1 Å². The van der Waals surface area contributed by atoms with Gasteiger partial charge in [0.2, 0.25) is 0 Å². The molecule has 2 aromatic heterocycles. The van der Waals surface area contributed by atoms with Gasteiger partial charge in [-0.3, -0.25) is 0 Å². The lowest BCUT2D eigenvalue weighted by molar-refractivity contribution is 0.431. The number of hydrogen-bond donors (Lipinski definition) is 1. The lowest BCUT2D eigenvalue weighted by atomic mass is 10.5. The van der Waals surface area contributed by atoms with Crippen LogP contribution in [-0.4, -0.2) is 10.1 Å². The van der Waals surface area contributed by atoms with Crippen molar-refractivity contribution in [2.75, 3.05) is 5.73 Å². The van der Waals surface area contributed by atoms with Crippen molar-refractivity contribution in [1.29, 1.82) is 0 Å². The Morgan fingerprint density at radius 1 is 1.45 bits per heavy atom. The SMILES string of the molecule is Nc1ccc(-c2ncno2)s1. The van der Waals surface area contributed by atoms with Crippen molar-refractivity contribution in [2.24, 2.45) is 0 Å². The predicted octanol–water partition coefficient (Wildman–Crippen LogP) is 1.38. The highest BCUT2D eigenvalue weighted by atomic mass is 32.1. The molecule has 0 atom stereocenters. The smallest absolute Gasteiger partial charge is 0.267 e. The Balaban J connectivity index is 2.45. The second-order valence-corrected chi connectivity index (χ2v) is 3.06. The average Bonchev–Trinajstić information content (AvgIpc) is 2.55. The summed E-state index contributed by atoms with van der Waals surface area (Å²) in [6, 6.07) is 3.66. The van der Waals surface area contributed by atoms with Crippen LogP contribution in [0.1, 0.15) is 0 Å². The number of nitrogen functional groups attached to an aromatic ring is 1. The first kappa shape index (κ1) is 6.36. The fourth-order valence-electron chi connectivity index (χ4n) is 0.749. The Kier molecular flexibility index (Phi) is 1.36. The molecule has 0 amide bonds. The molecule has 2 aromatic rings. The van der Waals surface area contributed by atoms with E-state index < -0.39 is 0 Å². The summed E-state index contributed by atoms with van der Waals surface area (Å²) in [7, 11) is 0. The number of aromatic nitrogens is 2. The molecule has 56 valence electrons. The molecular formula is C6H5N3OS. The van der Waals surface area contributed by atoms with Gasteiger partial charge in [0.05, 0.1) is 9.88 Å². The second kappa shape index (κ2) is 2.35. The topological polar surface area (TPSA) is 64.9 Å². The minimum absolute atomic E-state index is 0.520. The lowest BCUT2D eigenvalue weighted by Gasteiger charge is -1.81. The number of thiophene rings is 1. The molecule has 5 heteroatoms. The Morgan fingerprint density at radius 2 is 2.36 bits per heavy atom. The number of nitrogens with two attached hydrogens (primary N) is 1. The molecule has 0 spiro atoms. The summed E-state index contributed by atoms with van der Waals surface area (Å²) < 4.78 is 4.83. The van der Waals surface area contributed by atoms with E-state index in [4.69, 9.17) is 10.3 Å². The van der Waals surface area contributed by atoms with Crippen LogP contribution >= 0.6 is 11.3 Å². The van der Waals surface area contributed by atoms with Crippen LogP contribution in [-0.2, 0) is 0 Å². The molecule has 2 rings (SSSR count). The van der Waals surface area contributed by atoms with Gasteiger partial charge >= 0.3 is 0 Å². The molecule has 0 saturated heterocycles. The number of nitrogens with zero attached hydrogens (tertiary/aromatic N) is 2. The zero-order valence-electron chi connectivity index (χ0n) is 5.52. The standard InChI is InChI=1S/C6H5N3OS/c7-5-2-1-4(11-5)6-8-3-9-10-6/h1-3H,7H2. The van der Waals surface area contributed by atoms with Gasteiger partial charge in [-0.2, -0.15) is 4.98 Å². The van der Waals surface area contributed by atoms with Gasteiger partial charge in [-0.25, -0.2) is 0 Å². The van der Waals surface area contributed by atoms with Crippen molar-refractivity contribution in [3.63, 3.8) is 0 Å². The zero-order chi connectivity index (χ0) is 7.68. The molecule has 2 heterocycles. The van der Waals surface area contributed by atoms with Crippen LogP contribution in [0.15, 0.2) is 23.0 Å². The minimum atomic E-state index is 0.520. The van der Waals surface area contributed by atoms with E-state index in [-0.39, 0.29) is 0 Å². The summed E-state index contributed by atoms with van der Waals surface area (Å²) in [4.78, 5) is 4.78. The Morgan fingerprint density at radius 3 is 2.91 bits per heavy atom. The molecule has 0 aliphatic carbocycles. The summed E-state index contributed by atoms with van der Waals surface area (Å²) in [5.41, 5.74) is 5.51. The van der Waals surface area contributed by atoms with Gasteiger partial charge in [-0.1, -0.05) is 5.16 Å². The van der Waals surface area contributed by atoms with Crippen LogP contribution in [0, 0.1) is 0 Å². The fourth-order valence-corrected chi connectivity index (χ4v) is 1.45. The van der Waals surface area contributed by atoms with Crippen LogP contribution in [0.4, 0.5) is 5.00 Å².